The minimum Gasteiger partial charge on any atom is -0.367 e. The SMILES string of the molecule is CC(NC(=O)Cn1cnc(N)n1)c1ccc(Cl)cc1Cl. The minimum absolute atomic E-state index is 0.0414. The maximum Gasteiger partial charge on any atom is 0.242 e. The summed E-state index contributed by atoms with van der Waals surface area (Å²) in [5, 5.41) is 7.72. The molecule has 8 heteroatoms. The van der Waals surface area contributed by atoms with Crippen LogP contribution in [-0.2, 0) is 11.3 Å². The lowest BCUT2D eigenvalue weighted by Crippen LogP contribution is -2.30. The quantitative estimate of drug-likeness (QED) is 0.904. The van der Waals surface area contributed by atoms with Crippen LogP contribution in [0.1, 0.15) is 18.5 Å². The van der Waals surface area contributed by atoms with Crippen LogP contribution in [0.4, 0.5) is 5.95 Å². The van der Waals surface area contributed by atoms with Crippen molar-refractivity contribution in [2.75, 3.05) is 5.73 Å². The first-order valence-corrected chi connectivity index (χ1v) is 6.60. The molecule has 1 heterocycles. The molecule has 0 aliphatic carbocycles. The van der Waals surface area contributed by atoms with Gasteiger partial charge in [-0.3, -0.25) is 4.79 Å². The van der Waals surface area contributed by atoms with Crippen molar-refractivity contribution < 1.29 is 4.79 Å². The smallest absolute Gasteiger partial charge is 0.242 e. The van der Waals surface area contributed by atoms with Crippen molar-refractivity contribution in [1.29, 1.82) is 0 Å². The van der Waals surface area contributed by atoms with Crippen LogP contribution in [0.5, 0.6) is 0 Å². The van der Waals surface area contributed by atoms with Gasteiger partial charge < -0.3 is 11.1 Å². The van der Waals surface area contributed by atoms with Crippen molar-refractivity contribution in [1.82, 2.24) is 20.1 Å². The number of halogens is 2. The van der Waals surface area contributed by atoms with Crippen LogP contribution in [0, 0.1) is 0 Å². The summed E-state index contributed by atoms with van der Waals surface area (Å²) in [5.41, 5.74) is 6.17. The Kier molecular flexibility index (Phi) is 4.46. The molecule has 2 aromatic rings. The number of rotatable bonds is 4. The van der Waals surface area contributed by atoms with Crippen molar-refractivity contribution in [3.05, 3.63) is 40.1 Å². The number of nitrogen functional groups attached to an aromatic ring is 1. The first-order valence-electron chi connectivity index (χ1n) is 5.85. The van der Waals surface area contributed by atoms with E-state index >= 15 is 0 Å². The molecule has 0 spiro atoms. The summed E-state index contributed by atoms with van der Waals surface area (Å²) in [7, 11) is 0. The highest BCUT2D eigenvalue weighted by Crippen LogP contribution is 2.25. The number of nitrogens with zero attached hydrogens (tertiary/aromatic N) is 3. The van der Waals surface area contributed by atoms with Crippen molar-refractivity contribution in [3.63, 3.8) is 0 Å². The van der Waals surface area contributed by atoms with Gasteiger partial charge in [0.2, 0.25) is 11.9 Å². The maximum absolute atomic E-state index is 11.9. The molecule has 1 aromatic carbocycles. The van der Waals surface area contributed by atoms with E-state index in [0.29, 0.717) is 10.0 Å². The largest absolute Gasteiger partial charge is 0.367 e. The number of anilines is 1. The minimum atomic E-state index is -0.242. The highest BCUT2D eigenvalue weighted by Gasteiger charge is 2.13. The number of hydrogen-bond acceptors (Lipinski definition) is 4. The third-order valence-electron chi connectivity index (χ3n) is 2.67. The molecule has 0 saturated carbocycles. The Labute approximate surface area is 125 Å². The molecule has 0 bridgehead atoms. The normalized spacial score (nSPS) is 12.2. The van der Waals surface area contributed by atoms with Gasteiger partial charge >= 0.3 is 0 Å². The molecule has 0 aliphatic rings. The monoisotopic (exact) mass is 313 g/mol. The number of amides is 1. The Hall–Kier alpha value is -1.79. The molecule has 2 rings (SSSR count). The predicted molar refractivity (Wildman–Crippen MR) is 77.5 cm³/mol. The van der Waals surface area contributed by atoms with E-state index < -0.39 is 0 Å². The van der Waals surface area contributed by atoms with Crippen LogP contribution < -0.4 is 11.1 Å². The lowest BCUT2D eigenvalue weighted by atomic mass is 10.1. The Bertz CT molecular complexity index is 628. The van der Waals surface area contributed by atoms with Crippen LogP contribution in [0.15, 0.2) is 24.5 Å². The van der Waals surface area contributed by atoms with Gasteiger partial charge in [0, 0.05) is 10.0 Å². The second kappa shape index (κ2) is 6.11. The summed E-state index contributed by atoms with van der Waals surface area (Å²) in [5.74, 6) is -0.0833. The van der Waals surface area contributed by atoms with Crippen molar-refractivity contribution in [2.45, 2.75) is 19.5 Å². The maximum atomic E-state index is 11.9. The van der Waals surface area contributed by atoms with Gasteiger partial charge in [-0.25, -0.2) is 9.67 Å². The molecule has 0 saturated heterocycles. The standard InChI is InChI=1S/C12H13Cl2N5O/c1-7(9-3-2-8(13)4-10(9)14)17-11(20)5-19-6-16-12(15)18-19/h2-4,6-7H,5H2,1H3,(H2,15,18)(H,17,20). The Balaban J connectivity index is 2.00. The lowest BCUT2D eigenvalue weighted by molar-refractivity contribution is -0.122. The van der Waals surface area contributed by atoms with Gasteiger partial charge in [0.05, 0.1) is 6.04 Å². The number of benzene rings is 1. The lowest BCUT2D eigenvalue weighted by Gasteiger charge is -2.15. The molecular formula is C12H13Cl2N5O. The second-order valence-corrected chi connectivity index (χ2v) is 5.10. The highest BCUT2D eigenvalue weighted by atomic mass is 35.5. The van der Waals surface area contributed by atoms with Gasteiger partial charge in [-0.05, 0) is 24.6 Å². The molecule has 1 aromatic heterocycles. The van der Waals surface area contributed by atoms with Crippen LogP contribution >= 0.6 is 23.2 Å². The average molecular weight is 314 g/mol. The van der Waals surface area contributed by atoms with Gasteiger partial charge in [-0.15, -0.1) is 5.10 Å². The summed E-state index contributed by atoms with van der Waals surface area (Å²) in [4.78, 5) is 15.6. The van der Waals surface area contributed by atoms with E-state index in [4.69, 9.17) is 28.9 Å². The van der Waals surface area contributed by atoms with Gasteiger partial charge in [0.15, 0.2) is 0 Å². The number of aromatic nitrogens is 3. The van der Waals surface area contributed by atoms with Crippen molar-refractivity contribution in [2.24, 2.45) is 0 Å². The Morgan fingerprint density at radius 1 is 1.50 bits per heavy atom. The summed E-state index contributed by atoms with van der Waals surface area (Å²) >= 11 is 11.9. The second-order valence-electron chi connectivity index (χ2n) is 4.26. The fraction of sp³-hybridized carbons (Fsp3) is 0.250. The average Bonchev–Trinajstić information content (AvgIpc) is 2.74. The molecule has 1 atom stereocenters. The van der Waals surface area contributed by atoms with Crippen molar-refractivity contribution >= 4 is 35.1 Å². The molecule has 0 aliphatic heterocycles. The predicted octanol–water partition coefficient (Wildman–Crippen LogP) is 2.04. The highest BCUT2D eigenvalue weighted by molar-refractivity contribution is 6.35. The topological polar surface area (TPSA) is 85.8 Å². The fourth-order valence-corrected chi connectivity index (χ4v) is 2.32. The van der Waals surface area contributed by atoms with Gasteiger partial charge in [-0.1, -0.05) is 29.3 Å². The molecule has 6 nitrogen and oxygen atoms in total. The van der Waals surface area contributed by atoms with E-state index in [2.05, 4.69) is 15.4 Å². The van der Waals surface area contributed by atoms with Crippen LogP contribution in [-0.4, -0.2) is 20.7 Å². The molecule has 1 amide bonds. The van der Waals surface area contributed by atoms with E-state index in [-0.39, 0.29) is 24.4 Å². The van der Waals surface area contributed by atoms with Crippen LogP contribution in [0.2, 0.25) is 10.0 Å². The Morgan fingerprint density at radius 3 is 2.85 bits per heavy atom. The van der Waals surface area contributed by atoms with E-state index in [1.807, 2.05) is 6.92 Å². The number of carbonyl (C=O) groups is 1. The Morgan fingerprint density at radius 2 is 2.25 bits per heavy atom. The first-order chi connectivity index (χ1) is 9.45. The number of carbonyl (C=O) groups excluding carboxylic acids is 1. The van der Waals surface area contributed by atoms with E-state index in [9.17, 15) is 4.79 Å². The van der Waals surface area contributed by atoms with Crippen LogP contribution in [0.25, 0.3) is 0 Å². The summed E-state index contributed by atoms with van der Waals surface area (Å²) in [6.07, 6.45) is 1.40. The molecule has 20 heavy (non-hydrogen) atoms. The van der Waals surface area contributed by atoms with Gasteiger partial charge in [-0.2, -0.15) is 0 Å². The van der Waals surface area contributed by atoms with E-state index in [1.54, 1.807) is 18.2 Å². The fourth-order valence-electron chi connectivity index (χ4n) is 1.75. The molecule has 106 valence electrons. The molecule has 0 radical (unpaired) electrons. The van der Waals surface area contributed by atoms with E-state index in [0.717, 1.165) is 5.56 Å². The zero-order chi connectivity index (χ0) is 14.7. The van der Waals surface area contributed by atoms with Gasteiger partial charge in [0.25, 0.3) is 0 Å². The summed E-state index contributed by atoms with van der Waals surface area (Å²) in [6.45, 7) is 1.88. The molecule has 1 unspecified atom stereocenters. The van der Waals surface area contributed by atoms with E-state index in [1.165, 1.54) is 11.0 Å². The third kappa shape index (κ3) is 3.61. The third-order valence-corrected chi connectivity index (χ3v) is 3.23. The van der Waals surface area contributed by atoms with Gasteiger partial charge in [0.1, 0.15) is 12.9 Å². The number of nitrogens with one attached hydrogen (secondary N) is 1. The summed E-state index contributed by atoms with van der Waals surface area (Å²) in [6, 6.07) is 4.90. The zero-order valence-corrected chi connectivity index (χ0v) is 12.2. The van der Waals surface area contributed by atoms with Crippen LogP contribution in [0.3, 0.4) is 0 Å². The zero-order valence-electron chi connectivity index (χ0n) is 10.7. The first kappa shape index (κ1) is 14.6. The molecular weight excluding hydrogens is 301 g/mol. The molecule has 0 fully saturated rings. The summed E-state index contributed by atoms with van der Waals surface area (Å²) < 4.78 is 1.36. The molecule has 3 N–H and O–H groups in total. The number of hydrogen-bond donors (Lipinski definition) is 2. The number of nitrogens with two attached hydrogens (primary N) is 1. The van der Waals surface area contributed by atoms with Crippen molar-refractivity contribution in [3.8, 4) is 0 Å².